The van der Waals surface area contributed by atoms with Crippen molar-refractivity contribution in [3.63, 3.8) is 0 Å². The summed E-state index contributed by atoms with van der Waals surface area (Å²) in [4.78, 5) is 0. The lowest BCUT2D eigenvalue weighted by Crippen LogP contribution is -2.32. The van der Waals surface area contributed by atoms with Crippen molar-refractivity contribution in [1.29, 1.82) is 0 Å². The van der Waals surface area contributed by atoms with Gasteiger partial charge in [-0.15, -0.1) is 0 Å². The molecule has 6 rings (SSSR count). The molecule has 3 aromatic rings. The van der Waals surface area contributed by atoms with Crippen molar-refractivity contribution in [2.45, 2.75) is 150 Å². The van der Waals surface area contributed by atoms with Crippen LogP contribution in [0.1, 0.15) is 154 Å². The molecule has 0 amide bonds. The van der Waals surface area contributed by atoms with E-state index in [4.69, 9.17) is 14.2 Å². The maximum Gasteiger partial charge on any atom is 0.200 e. The molecule has 0 N–H and O–H groups in total. The highest BCUT2D eigenvalue weighted by atomic mass is 16.7. The molecule has 0 aromatic heterocycles. The van der Waals surface area contributed by atoms with Crippen molar-refractivity contribution in [2.24, 2.45) is 28.6 Å². The van der Waals surface area contributed by atoms with Crippen molar-refractivity contribution >= 4 is 10.8 Å². The smallest absolute Gasteiger partial charge is 0.200 e. The Bertz CT molecular complexity index is 1450. The lowest BCUT2D eigenvalue weighted by molar-refractivity contribution is -0.103. The van der Waals surface area contributed by atoms with E-state index >= 15 is 0 Å². The van der Waals surface area contributed by atoms with Gasteiger partial charge in [0.2, 0.25) is 0 Å². The SMILES string of the molecule is CC(C)(C)CC(c1ccc2cc(OC(CC3CCC4CCCCC4C3)OCCOc3ccc(C4CCCCC4)cc3)ccc2c1)C(C)(C)C. The average molecular weight is 667 g/mol. The summed E-state index contributed by atoms with van der Waals surface area (Å²) >= 11 is 0. The molecule has 3 heteroatoms. The van der Waals surface area contributed by atoms with Gasteiger partial charge in [-0.25, -0.2) is 0 Å². The highest BCUT2D eigenvalue weighted by molar-refractivity contribution is 5.84. The van der Waals surface area contributed by atoms with E-state index in [1.807, 2.05) is 0 Å². The van der Waals surface area contributed by atoms with Crippen molar-refractivity contribution in [1.82, 2.24) is 0 Å². The van der Waals surface area contributed by atoms with Gasteiger partial charge in [0.1, 0.15) is 18.1 Å². The second kappa shape index (κ2) is 16.2. The number of benzene rings is 3. The second-order valence-electron chi connectivity index (χ2n) is 18.3. The zero-order chi connectivity index (χ0) is 34.4. The lowest BCUT2D eigenvalue weighted by Gasteiger charge is -2.40. The summed E-state index contributed by atoms with van der Waals surface area (Å²) in [6.45, 7) is 15.3. The molecule has 3 fully saturated rings. The van der Waals surface area contributed by atoms with Crippen LogP contribution in [0.3, 0.4) is 0 Å². The largest absolute Gasteiger partial charge is 0.491 e. The predicted molar refractivity (Wildman–Crippen MR) is 206 cm³/mol. The van der Waals surface area contributed by atoms with E-state index in [0.29, 0.717) is 25.0 Å². The molecule has 3 aromatic carbocycles. The van der Waals surface area contributed by atoms with Gasteiger partial charge >= 0.3 is 0 Å². The van der Waals surface area contributed by atoms with Crippen LogP contribution in [0.15, 0.2) is 60.7 Å². The van der Waals surface area contributed by atoms with E-state index in [0.717, 1.165) is 35.7 Å². The van der Waals surface area contributed by atoms with Gasteiger partial charge in [0.05, 0.1) is 6.61 Å². The molecule has 268 valence electrons. The Balaban J connectivity index is 1.10. The first kappa shape index (κ1) is 36.3. The first-order chi connectivity index (χ1) is 23.5. The van der Waals surface area contributed by atoms with Crippen molar-refractivity contribution in [3.05, 3.63) is 71.8 Å². The number of hydrogen-bond acceptors (Lipinski definition) is 3. The normalized spacial score (nSPS) is 23.5. The van der Waals surface area contributed by atoms with Gasteiger partial charge in [-0.05, 0) is 125 Å². The minimum absolute atomic E-state index is 0.202. The molecule has 5 atom stereocenters. The highest BCUT2D eigenvalue weighted by Gasteiger charge is 2.34. The molecule has 5 unspecified atom stereocenters. The maximum atomic E-state index is 6.72. The summed E-state index contributed by atoms with van der Waals surface area (Å²) in [7, 11) is 0. The van der Waals surface area contributed by atoms with Gasteiger partial charge in [-0.3, -0.25) is 0 Å². The second-order valence-corrected chi connectivity index (χ2v) is 18.3. The zero-order valence-corrected chi connectivity index (χ0v) is 31.8. The third-order valence-electron chi connectivity index (χ3n) is 12.2. The maximum absolute atomic E-state index is 6.72. The summed E-state index contributed by atoms with van der Waals surface area (Å²) in [5.41, 5.74) is 3.38. The van der Waals surface area contributed by atoms with Crippen molar-refractivity contribution < 1.29 is 14.2 Å². The van der Waals surface area contributed by atoms with E-state index in [1.54, 1.807) is 0 Å². The van der Waals surface area contributed by atoms with Crippen LogP contribution in [-0.4, -0.2) is 19.5 Å². The molecule has 0 spiro atoms. The van der Waals surface area contributed by atoms with Crippen molar-refractivity contribution in [2.75, 3.05) is 13.2 Å². The summed E-state index contributed by atoms with van der Waals surface area (Å²) in [5.74, 6) is 5.57. The molecule has 0 bridgehead atoms. The van der Waals surface area contributed by atoms with Crippen LogP contribution in [0.2, 0.25) is 0 Å². The topological polar surface area (TPSA) is 27.7 Å². The summed E-state index contributed by atoms with van der Waals surface area (Å²) in [5, 5.41) is 2.51. The highest BCUT2D eigenvalue weighted by Crippen LogP contribution is 2.45. The van der Waals surface area contributed by atoms with Gasteiger partial charge < -0.3 is 14.2 Å². The molecule has 3 saturated carbocycles. The first-order valence-corrected chi connectivity index (χ1v) is 20.0. The van der Waals surface area contributed by atoms with Crippen LogP contribution >= 0.6 is 0 Å². The van der Waals surface area contributed by atoms with Gasteiger partial charge in [0.15, 0.2) is 6.29 Å². The number of hydrogen-bond donors (Lipinski definition) is 0. The Labute approximate surface area is 298 Å². The first-order valence-electron chi connectivity index (χ1n) is 20.0. The molecular weight excluding hydrogens is 601 g/mol. The van der Waals surface area contributed by atoms with E-state index in [9.17, 15) is 0 Å². The van der Waals surface area contributed by atoms with E-state index in [-0.39, 0.29) is 17.1 Å². The van der Waals surface area contributed by atoms with E-state index in [1.165, 1.54) is 105 Å². The summed E-state index contributed by atoms with van der Waals surface area (Å²) in [6.07, 6.45) is 18.3. The summed E-state index contributed by atoms with van der Waals surface area (Å²) in [6, 6.07) is 22.5. The molecule has 3 aliphatic rings. The standard InChI is InChI=1S/C46H66O3/c1-45(2,3)32-43(46(4,5)6)40-19-18-39-31-42(25-22-38(39)30-40)49-44(29-33-16-17-35-14-10-11-15-37(35)28-33)48-27-26-47-41-23-20-36(21-24-41)34-12-8-7-9-13-34/h18-25,30-31,33-35,37,43-44H,7-17,26-29,32H2,1-6H3. The van der Waals surface area contributed by atoms with Crippen LogP contribution in [-0.2, 0) is 4.74 Å². The zero-order valence-electron chi connectivity index (χ0n) is 31.8. The van der Waals surface area contributed by atoms with Crippen molar-refractivity contribution in [3.8, 4) is 11.5 Å². The quantitative estimate of drug-likeness (QED) is 0.142. The molecule has 0 saturated heterocycles. The molecular formula is C46H66O3. The molecule has 0 radical (unpaired) electrons. The molecule has 0 heterocycles. The van der Waals surface area contributed by atoms with E-state index < -0.39 is 0 Å². The van der Waals surface area contributed by atoms with Gasteiger partial charge in [-0.2, -0.15) is 0 Å². The Kier molecular flexibility index (Phi) is 12.0. The Morgan fingerprint density at radius 2 is 1.33 bits per heavy atom. The third-order valence-corrected chi connectivity index (χ3v) is 12.2. The molecule has 0 aliphatic heterocycles. The number of fused-ring (bicyclic) bond motifs is 2. The Morgan fingerprint density at radius 1 is 0.653 bits per heavy atom. The molecule has 49 heavy (non-hydrogen) atoms. The average Bonchev–Trinajstić information content (AvgIpc) is 3.08. The monoisotopic (exact) mass is 667 g/mol. The van der Waals surface area contributed by atoms with Crippen LogP contribution in [0.25, 0.3) is 10.8 Å². The minimum atomic E-state index is -0.267. The predicted octanol–water partition coefficient (Wildman–Crippen LogP) is 13.3. The van der Waals surface area contributed by atoms with Gasteiger partial charge in [-0.1, -0.05) is 123 Å². The van der Waals surface area contributed by atoms with Crippen LogP contribution < -0.4 is 9.47 Å². The molecule has 3 nitrogen and oxygen atoms in total. The van der Waals surface area contributed by atoms with Crippen LogP contribution in [0.5, 0.6) is 11.5 Å². The fraction of sp³-hybridized carbons (Fsp3) is 0.652. The fourth-order valence-electron chi connectivity index (χ4n) is 9.44. The van der Waals surface area contributed by atoms with Crippen LogP contribution in [0, 0.1) is 28.6 Å². The Hall–Kier alpha value is -2.52. The minimum Gasteiger partial charge on any atom is -0.491 e. The summed E-state index contributed by atoms with van der Waals surface area (Å²) < 4.78 is 19.4. The Morgan fingerprint density at radius 3 is 2.06 bits per heavy atom. The lowest BCUT2D eigenvalue weighted by atomic mass is 9.67. The van der Waals surface area contributed by atoms with E-state index in [2.05, 4.69) is 102 Å². The fourth-order valence-corrected chi connectivity index (χ4v) is 9.44. The van der Waals surface area contributed by atoms with Gasteiger partial charge in [0, 0.05) is 6.42 Å². The van der Waals surface area contributed by atoms with Crippen LogP contribution in [0.4, 0.5) is 0 Å². The third kappa shape index (κ3) is 10.3. The van der Waals surface area contributed by atoms with Gasteiger partial charge in [0.25, 0.3) is 0 Å². The molecule has 3 aliphatic carbocycles. The number of ether oxygens (including phenoxy) is 3. The number of rotatable bonds is 12.